The summed E-state index contributed by atoms with van der Waals surface area (Å²) in [5.74, 6) is -1.60. The van der Waals surface area contributed by atoms with E-state index in [9.17, 15) is 22.8 Å². The van der Waals surface area contributed by atoms with Crippen molar-refractivity contribution in [2.45, 2.75) is 63.7 Å². The second kappa shape index (κ2) is 9.17. The summed E-state index contributed by atoms with van der Waals surface area (Å²) in [5.41, 5.74) is 7.02. The molecule has 2 aromatic rings. The Morgan fingerprint density at radius 3 is 2.47 bits per heavy atom. The fourth-order valence-corrected chi connectivity index (χ4v) is 5.71. The maximum atomic E-state index is 12.9. The van der Waals surface area contributed by atoms with Crippen LogP contribution in [0.15, 0.2) is 47.5 Å². The molecular formula is C25H31F3N4O2. The molecule has 2 aliphatic rings. The molecule has 2 atom stereocenters. The fraction of sp³-hybridized carbons (Fsp3) is 0.560. The van der Waals surface area contributed by atoms with Gasteiger partial charge in [-0.2, -0.15) is 13.2 Å². The Morgan fingerprint density at radius 1 is 1.18 bits per heavy atom. The first-order chi connectivity index (χ1) is 16.0. The van der Waals surface area contributed by atoms with E-state index in [-0.39, 0.29) is 18.6 Å². The standard InChI is InChI=1S/C25H31F3N4O2/c1-18(14-25(26,27)28)22(34)31-12-11-24(29,23(15-31)9-5-6-10-23)16-32-17-30-20(13-21(32)33)19-7-3-2-4-8-19/h2-4,7-8,13,17-18H,5-6,9-12,14-16,29H2,1H3/t18-,24?/m1/s1. The largest absolute Gasteiger partial charge is 0.389 e. The van der Waals surface area contributed by atoms with Crippen LogP contribution >= 0.6 is 0 Å². The zero-order valence-corrected chi connectivity index (χ0v) is 19.4. The van der Waals surface area contributed by atoms with Crippen molar-refractivity contribution in [3.63, 3.8) is 0 Å². The SMILES string of the molecule is C[C@H](CC(F)(F)F)C(=O)N1CCC(N)(Cn2cnc(-c3ccccc3)cc2=O)C2(CCCC2)C1. The van der Waals surface area contributed by atoms with E-state index >= 15 is 0 Å². The Bertz CT molecular complexity index is 1080. The van der Waals surface area contributed by atoms with Crippen molar-refractivity contribution in [2.75, 3.05) is 13.1 Å². The highest BCUT2D eigenvalue weighted by atomic mass is 19.4. The summed E-state index contributed by atoms with van der Waals surface area (Å²) in [6, 6.07) is 10.9. The van der Waals surface area contributed by atoms with E-state index in [1.807, 2.05) is 30.3 Å². The van der Waals surface area contributed by atoms with Crippen molar-refractivity contribution < 1.29 is 18.0 Å². The first-order valence-corrected chi connectivity index (χ1v) is 11.8. The molecule has 1 unspecified atom stereocenters. The summed E-state index contributed by atoms with van der Waals surface area (Å²) >= 11 is 0. The highest BCUT2D eigenvalue weighted by Gasteiger charge is 2.54. The molecule has 0 bridgehead atoms. The van der Waals surface area contributed by atoms with Crippen molar-refractivity contribution >= 4 is 5.91 Å². The van der Waals surface area contributed by atoms with Crippen molar-refractivity contribution in [2.24, 2.45) is 17.1 Å². The molecular weight excluding hydrogens is 445 g/mol. The quantitative estimate of drug-likeness (QED) is 0.708. The van der Waals surface area contributed by atoms with E-state index in [4.69, 9.17) is 5.73 Å². The van der Waals surface area contributed by atoms with Crippen LogP contribution in [0.3, 0.4) is 0 Å². The van der Waals surface area contributed by atoms with Gasteiger partial charge in [-0.05, 0) is 19.3 Å². The van der Waals surface area contributed by atoms with Crippen molar-refractivity contribution in [1.82, 2.24) is 14.5 Å². The number of alkyl halides is 3. The summed E-state index contributed by atoms with van der Waals surface area (Å²) in [6.45, 7) is 2.20. The number of likely N-dealkylation sites (tertiary alicyclic amines) is 1. The van der Waals surface area contributed by atoms with Crippen molar-refractivity contribution in [1.29, 1.82) is 0 Å². The lowest BCUT2D eigenvalue weighted by atomic mass is 9.64. The first-order valence-electron chi connectivity index (χ1n) is 11.8. The minimum Gasteiger partial charge on any atom is -0.342 e. The van der Waals surface area contributed by atoms with Gasteiger partial charge in [0.15, 0.2) is 0 Å². The Morgan fingerprint density at radius 2 is 1.85 bits per heavy atom. The van der Waals surface area contributed by atoms with Crippen LogP contribution in [0.25, 0.3) is 11.3 Å². The number of benzene rings is 1. The molecule has 1 spiro atoms. The molecule has 2 fully saturated rings. The van der Waals surface area contributed by atoms with E-state index < -0.39 is 35.4 Å². The second-order valence-electron chi connectivity index (χ2n) is 9.98. The van der Waals surface area contributed by atoms with E-state index in [2.05, 4.69) is 4.98 Å². The third kappa shape index (κ3) is 4.89. The zero-order chi connectivity index (χ0) is 24.6. The van der Waals surface area contributed by atoms with Crippen LogP contribution in [0.1, 0.15) is 45.4 Å². The number of rotatable bonds is 5. The summed E-state index contributed by atoms with van der Waals surface area (Å²) in [4.78, 5) is 31.8. The van der Waals surface area contributed by atoms with Gasteiger partial charge < -0.3 is 10.6 Å². The molecule has 1 amide bonds. The smallest absolute Gasteiger partial charge is 0.342 e. The van der Waals surface area contributed by atoms with Crippen LogP contribution < -0.4 is 11.3 Å². The number of halogens is 3. The van der Waals surface area contributed by atoms with Gasteiger partial charge in [0.2, 0.25) is 5.91 Å². The molecule has 184 valence electrons. The lowest BCUT2D eigenvalue weighted by Gasteiger charge is -2.53. The Hall–Kier alpha value is -2.68. The number of nitrogens with zero attached hydrogens (tertiary/aromatic N) is 3. The Balaban J connectivity index is 1.55. The number of hydrogen-bond acceptors (Lipinski definition) is 4. The van der Waals surface area contributed by atoms with Gasteiger partial charge in [-0.3, -0.25) is 14.2 Å². The van der Waals surface area contributed by atoms with Gasteiger partial charge in [-0.25, -0.2) is 4.98 Å². The predicted octanol–water partition coefficient (Wildman–Crippen LogP) is 3.99. The highest BCUT2D eigenvalue weighted by Crippen LogP contribution is 2.50. The third-order valence-electron chi connectivity index (χ3n) is 7.61. The molecule has 1 saturated heterocycles. The number of aromatic nitrogens is 2. The maximum Gasteiger partial charge on any atom is 0.389 e. The monoisotopic (exact) mass is 476 g/mol. The number of piperidine rings is 1. The zero-order valence-electron chi connectivity index (χ0n) is 19.4. The van der Waals surface area contributed by atoms with Crippen molar-refractivity contribution in [3.05, 3.63) is 53.1 Å². The van der Waals surface area contributed by atoms with Gasteiger partial charge in [0, 0.05) is 48.1 Å². The minimum absolute atomic E-state index is 0.205. The third-order valence-corrected chi connectivity index (χ3v) is 7.61. The molecule has 1 aliphatic carbocycles. The predicted molar refractivity (Wildman–Crippen MR) is 123 cm³/mol. The number of amides is 1. The van der Waals surface area contributed by atoms with Crippen LogP contribution in [0.2, 0.25) is 0 Å². The molecule has 1 aromatic carbocycles. The molecule has 1 aliphatic heterocycles. The molecule has 2 N–H and O–H groups in total. The second-order valence-corrected chi connectivity index (χ2v) is 9.98. The summed E-state index contributed by atoms with van der Waals surface area (Å²) in [6.07, 6.45) is -0.116. The molecule has 1 saturated carbocycles. The van der Waals surface area contributed by atoms with Gasteiger partial charge >= 0.3 is 6.18 Å². The van der Waals surface area contributed by atoms with E-state index in [1.54, 1.807) is 4.90 Å². The Kier molecular flexibility index (Phi) is 6.59. The van der Waals surface area contributed by atoms with Crippen LogP contribution in [-0.4, -0.2) is 45.2 Å². The van der Waals surface area contributed by atoms with Crippen LogP contribution in [0.5, 0.6) is 0 Å². The van der Waals surface area contributed by atoms with Gasteiger partial charge in [0.1, 0.15) is 0 Å². The molecule has 1 aromatic heterocycles. The molecule has 2 heterocycles. The molecule has 0 radical (unpaired) electrons. The van der Waals surface area contributed by atoms with Crippen molar-refractivity contribution in [3.8, 4) is 11.3 Å². The van der Waals surface area contributed by atoms with Gasteiger partial charge in [-0.1, -0.05) is 50.1 Å². The van der Waals surface area contributed by atoms with Crippen LogP contribution in [0, 0.1) is 11.3 Å². The van der Waals surface area contributed by atoms with Gasteiger partial charge in [0.05, 0.1) is 18.4 Å². The number of carbonyl (C=O) groups excluding carboxylic acids is 1. The van der Waals surface area contributed by atoms with E-state index in [0.717, 1.165) is 31.2 Å². The average Bonchev–Trinajstić information content (AvgIpc) is 3.26. The lowest BCUT2D eigenvalue weighted by Crippen LogP contribution is -2.67. The summed E-state index contributed by atoms with van der Waals surface area (Å²) < 4.78 is 40.0. The number of carbonyl (C=O) groups is 1. The van der Waals surface area contributed by atoms with Gasteiger partial charge in [0.25, 0.3) is 5.56 Å². The number of nitrogens with two attached hydrogens (primary N) is 1. The molecule has 6 nitrogen and oxygen atoms in total. The highest BCUT2D eigenvalue weighted by molar-refractivity contribution is 5.78. The van der Waals surface area contributed by atoms with E-state index in [0.29, 0.717) is 18.7 Å². The van der Waals surface area contributed by atoms with E-state index in [1.165, 1.54) is 23.9 Å². The topological polar surface area (TPSA) is 81.2 Å². The Labute approximate surface area is 197 Å². The molecule has 4 rings (SSSR count). The van der Waals surface area contributed by atoms with Gasteiger partial charge in [-0.15, -0.1) is 0 Å². The van der Waals surface area contributed by atoms with Crippen LogP contribution in [-0.2, 0) is 11.3 Å². The normalized spacial score (nSPS) is 23.3. The minimum atomic E-state index is -4.38. The molecule has 34 heavy (non-hydrogen) atoms. The summed E-state index contributed by atoms with van der Waals surface area (Å²) in [7, 11) is 0. The average molecular weight is 477 g/mol. The lowest BCUT2D eigenvalue weighted by molar-refractivity contribution is -0.161. The maximum absolute atomic E-state index is 12.9. The fourth-order valence-electron chi connectivity index (χ4n) is 5.71. The number of hydrogen-bond donors (Lipinski definition) is 1. The molecule has 9 heteroatoms. The first kappa shape index (κ1) is 24.4. The summed E-state index contributed by atoms with van der Waals surface area (Å²) in [5, 5.41) is 0. The van der Waals surface area contributed by atoms with Crippen LogP contribution in [0.4, 0.5) is 13.2 Å².